The van der Waals surface area contributed by atoms with E-state index in [9.17, 15) is 19.2 Å². The molecule has 2 aromatic carbocycles. The van der Waals surface area contributed by atoms with Crippen molar-refractivity contribution in [2.75, 3.05) is 17.2 Å². The molecular weight excluding hydrogens is 374 g/mol. The molecule has 3 amide bonds. The van der Waals surface area contributed by atoms with Crippen LogP contribution in [0.15, 0.2) is 48.5 Å². The number of hydrogen-bond acceptors (Lipinski definition) is 5. The summed E-state index contributed by atoms with van der Waals surface area (Å²) < 4.78 is 5.05. The van der Waals surface area contributed by atoms with Gasteiger partial charge in [-0.15, -0.1) is 0 Å². The summed E-state index contributed by atoms with van der Waals surface area (Å²) >= 11 is 0. The van der Waals surface area contributed by atoms with Gasteiger partial charge in [0.1, 0.15) is 6.54 Å². The number of amides is 3. The topological polar surface area (TPSA) is 114 Å². The molecule has 3 N–H and O–H groups in total. The quantitative estimate of drug-likeness (QED) is 0.620. The fourth-order valence-corrected chi connectivity index (χ4v) is 2.45. The van der Waals surface area contributed by atoms with Crippen molar-refractivity contribution in [1.82, 2.24) is 5.32 Å². The van der Waals surface area contributed by atoms with Gasteiger partial charge >= 0.3 is 5.97 Å². The van der Waals surface area contributed by atoms with Crippen LogP contribution >= 0.6 is 0 Å². The lowest BCUT2D eigenvalue weighted by Crippen LogP contribution is -2.36. The standard InChI is InChI=1S/C21H23N3O5/c1-13-6-4-5-7-18(13)21(28)22-12-19(26)29-14(2)20(27)24-17-10-8-16(9-11-17)23-15(3)25/h4-11,14H,12H2,1-3H3,(H,22,28)(H,23,25)(H,24,27)/t14-/m1/s1. The molecule has 152 valence electrons. The Morgan fingerprint density at radius 2 is 1.52 bits per heavy atom. The molecule has 2 aromatic rings. The van der Waals surface area contributed by atoms with Gasteiger partial charge in [-0.3, -0.25) is 19.2 Å². The van der Waals surface area contributed by atoms with Gasteiger partial charge in [-0.25, -0.2) is 0 Å². The lowest BCUT2D eigenvalue weighted by Gasteiger charge is -2.14. The van der Waals surface area contributed by atoms with E-state index in [-0.39, 0.29) is 12.5 Å². The number of esters is 1. The second-order valence-corrected chi connectivity index (χ2v) is 6.38. The summed E-state index contributed by atoms with van der Waals surface area (Å²) in [5.41, 5.74) is 2.34. The van der Waals surface area contributed by atoms with Crippen molar-refractivity contribution in [3.05, 3.63) is 59.7 Å². The van der Waals surface area contributed by atoms with Gasteiger partial charge in [-0.05, 0) is 49.7 Å². The number of anilines is 2. The Kier molecular flexibility index (Phi) is 7.47. The maximum atomic E-state index is 12.2. The number of hydrogen-bond donors (Lipinski definition) is 3. The highest BCUT2D eigenvalue weighted by Crippen LogP contribution is 2.14. The molecule has 0 heterocycles. The third-order valence-corrected chi connectivity index (χ3v) is 3.93. The zero-order valence-corrected chi connectivity index (χ0v) is 16.4. The van der Waals surface area contributed by atoms with E-state index in [1.165, 1.54) is 13.8 Å². The Morgan fingerprint density at radius 1 is 0.931 bits per heavy atom. The molecule has 8 heteroatoms. The third-order valence-electron chi connectivity index (χ3n) is 3.93. The van der Waals surface area contributed by atoms with Crippen LogP contribution in [0.1, 0.15) is 29.8 Å². The van der Waals surface area contributed by atoms with E-state index in [2.05, 4.69) is 16.0 Å². The molecule has 29 heavy (non-hydrogen) atoms. The van der Waals surface area contributed by atoms with Crippen molar-refractivity contribution in [2.24, 2.45) is 0 Å². The molecule has 0 aliphatic heterocycles. The van der Waals surface area contributed by atoms with Crippen LogP contribution in [0.5, 0.6) is 0 Å². The van der Waals surface area contributed by atoms with Crippen LogP contribution < -0.4 is 16.0 Å². The first kappa shape index (κ1) is 21.6. The molecule has 0 aliphatic carbocycles. The maximum Gasteiger partial charge on any atom is 0.326 e. The molecule has 0 radical (unpaired) electrons. The fraction of sp³-hybridized carbons (Fsp3) is 0.238. The maximum absolute atomic E-state index is 12.2. The van der Waals surface area contributed by atoms with E-state index < -0.39 is 23.9 Å². The average molecular weight is 397 g/mol. The number of carbonyl (C=O) groups excluding carboxylic acids is 4. The SMILES string of the molecule is CC(=O)Nc1ccc(NC(=O)[C@@H](C)OC(=O)CNC(=O)c2ccccc2C)cc1. The van der Waals surface area contributed by atoms with Crippen molar-refractivity contribution in [3.8, 4) is 0 Å². The van der Waals surface area contributed by atoms with Crippen LogP contribution in [0.25, 0.3) is 0 Å². The summed E-state index contributed by atoms with van der Waals surface area (Å²) in [6, 6.07) is 13.5. The molecule has 0 aromatic heterocycles. The summed E-state index contributed by atoms with van der Waals surface area (Å²) in [5.74, 6) is -1.83. The Labute approximate surface area is 168 Å². The van der Waals surface area contributed by atoms with Gasteiger partial charge in [0, 0.05) is 23.9 Å². The van der Waals surface area contributed by atoms with Gasteiger partial charge in [-0.2, -0.15) is 0 Å². The van der Waals surface area contributed by atoms with Crippen LogP contribution in [-0.2, 0) is 19.1 Å². The average Bonchev–Trinajstić information content (AvgIpc) is 2.67. The van der Waals surface area contributed by atoms with E-state index in [4.69, 9.17) is 4.74 Å². The van der Waals surface area contributed by atoms with Crippen LogP contribution in [0.3, 0.4) is 0 Å². The van der Waals surface area contributed by atoms with Crippen molar-refractivity contribution in [3.63, 3.8) is 0 Å². The van der Waals surface area contributed by atoms with E-state index in [0.717, 1.165) is 5.56 Å². The summed E-state index contributed by atoms with van der Waals surface area (Å²) in [5, 5.41) is 7.70. The number of carbonyl (C=O) groups is 4. The van der Waals surface area contributed by atoms with Crippen molar-refractivity contribution >= 4 is 35.1 Å². The van der Waals surface area contributed by atoms with Crippen molar-refractivity contribution in [2.45, 2.75) is 26.9 Å². The number of nitrogens with one attached hydrogen (secondary N) is 3. The van der Waals surface area contributed by atoms with E-state index >= 15 is 0 Å². The van der Waals surface area contributed by atoms with Crippen LogP contribution in [0, 0.1) is 6.92 Å². The lowest BCUT2D eigenvalue weighted by molar-refractivity contribution is -0.152. The van der Waals surface area contributed by atoms with Crippen LogP contribution in [-0.4, -0.2) is 36.3 Å². The normalized spacial score (nSPS) is 11.1. The molecular formula is C21H23N3O5. The van der Waals surface area contributed by atoms with Crippen molar-refractivity contribution < 1.29 is 23.9 Å². The van der Waals surface area contributed by atoms with Gasteiger partial charge < -0.3 is 20.7 Å². The van der Waals surface area contributed by atoms with E-state index in [0.29, 0.717) is 16.9 Å². The predicted molar refractivity (Wildman–Crippen MR) is 108 cm³/mol. The van der Waals surface area contributed by atoms with Gasteiger partial charge in [0.25, 0.3) is 11.8 Å². The lowest BCUT2D eigenvalue weighted by atomic mass is 10.1. The molecule has 0 saturated heterocycles. The second kappa shape index (κ2) is 10.0. The molecule has 0 aliphatic rings. The molecule has 2 rings (SSSR count). The molecule has 0 unspecified atom stereocenters. The summed E-state index contributed by atoms with van der Waals surface area (Å²) in [6.07, 6.45) is -1.05. The van der Waals surface area contributed by atoms with Gasteiger partial charge in [0.05, 0.1) is 0 Å². The summed E-state index contributed by atoms with van der Waals surface area (Å²) in [6.45, 7) is 4.27. The molecule has 0 fully saturated rings. The van der Waals surface area contributed by atoms with Crippen molar-refractivity contribution in [1.29, 1.82) is 0 Å². The predicted octanol–water partition coefficient (Wildman–Crippen LogP) is 2.25. The highest BCUT2D eigenvalue weighted by molar-refractivity contribution is 5.98. The molecule has 8 nitrogen and oxygen atoms in total. The fourth-order valence-electron chi connectivity index (χ4n) is 2.45. The minimum absolute atomic E-state index is 0.197. The smallest absolute Gasteiger partial charge is 0.326 e. The number of ether oxygens (including phenoxy) is 1. The highest BCUT2D eigenvalue weighted by Gasteiger charge is 2.19. The Morgan fingerprint density at radius 3 is 2.10 bits per heavy atom. The minimum Gasteiger partial charge on any atom is -0.451 e. The minimum atomic E-state index is -1.05. The van der Waals surface area contributed by atoms with E-state index in [1.54, 1.807) is 49.4 Å². The van der Waals surface area contributed by atoms with E-state index in [1.807, 2.05) is 6.07 Å². The second-order valence-electron chi connectivity index (χ2n) is 6.38. The summed E-state index contributed by atoms with van der Waals surface area (Å²) in [7, 11) is 0. The summed E-state index contributed by atoms with van der Waals surface area (Å²) in [4.78, 5) is 47.2. The largest absolute Gasteiger partial charge is 0.451 e. The Bertz CT molecular complexity index is 909. The van der Waals surface area contributed by atoms with Gasteiger partial charge in [0.2, 0.25) is 5.91 Å². The first-order valence-corrected chi connectivity index (χ1v) is 8.98. The number of aryl methyl sites for hydroxylation is 1. The number of benzene rings is 2. The Balaban J connectivity index is 1.81. The zero-order chi connectivity index (χ0) is 21.4. The first-order chi connectivity index (χ1) is 13.8. The van der Waals surface area contributed by atoms with Crippen LogP contribution in [0.4, 0.5) is 11.4 Å². The number of rotatable bonds is 7. The third kappa shape index (κ3) is 6.76. The van der Waals surface area contributed by atoms with Crippen LogP contribution in [0.2, 0.25) is 0 Å². The monoisotopic (exact) mass is 397 g/mol. The Hall–Kier alpha value is -3.68. The molecule has 1 atom stereocenters. The van der Waals surface area contributed by atoms with Gasteiger partial charge in [0.15, 0.2) is 6.10 Å². The molecule has 0 bridgehead atoms. The first-order valence-electron chi connectivity index (χ1n) is 8.98. The van der Waals surface area contributed by atoms with Gasteiger partial charge in [-0.1, -0.05) is 18.2 Å². The zero-order valence-electron chi connectivity index (χ0n) is 16.4. The molecule has 0 spiro atoms. The molecule has 0 saturated carbocycles. The highest BCUT2D eigenvalue weighted by atomic mass is 16.5.